The highest BCUT2D eigenvalue weighted by Crippen LogP contribution is 2.22. The Balaban J connectivity index is 1.68. The van der Waals surface area contributed by atoms with Crippen molar-refractivity contribution in [3.05, 3.63) is 29.8 Å². The number of primary amides is 1. The Morgan fingerprint density at radius 1 is 0.960 bits per heavy atom. The Labute approximate surface area is 147 Å². The first-order valence-corrected chi connectivity index (χ1v) is 10.0. The van der Waals surface area contributed by atoms with E-state index in [1.807, 2.05) is 0 Å². The minimum Gasteiger partial charge on any atom is -0.369 e. The van der Waals surface area contributed by atoms with Gasteiger partial charge in [0.15, 0.2) is 0 Å². The summed E-state index contributed by atoms with van der Waals surface area (Å²) < 4.78 is 26.5. The van der Waals surface area contributed by atoms with Crippen molar-refractivity contribution in [1.82, 2.24) is 9.21 Å². The van der Waals surface area contributed by atoms with E-state index in [0.717, 1.165) is 12.8 Å². The molecule has 2 aliphatic rings. The SMILES string of the molecule is NC(=O)C1CCN(C(=O)c2ccc(S(=O)(=O)N3CCCC3)cc2)CC1. The maximum Gasteiger partial charge on any atom is 0.253 e. The average Bonchev–Trinajstić information content (AvgIpc) is 3.17. The predicted molar refractivity (Wildman–Crippen MR) is 92.3 cm³/mol. The molecule has 2 saturated heterocycles. The van der Waals surface area contributed by atoms with Crippen LogP contribution in [-0.2, 0) is 14.8 Å². The number of hydrogen-bond donors (Lipinski definition) is 1. The van der Waals surface area contributed by atoms with Crippen LogP contribution in [0.15, 0.2) is 29.2 Å². The van der Waals surface area contributed by atoms with Crippen molar-refractivity contribution in [2.45, 2.75) is 30.6 Å². The fourth-order valence-electron chi connectivity index (χ4n) is 3.40. The lowest BCUT2D eigenvalue weighted by molar-refractivity contribution is -0.123. The molecule has 0 spiro atoms. The van der Waals surface area contributed by atoms with Gasteiger partial charge in [-0.05, 0) is 49.9 Å². The summed E-state index contributed by atoms with van der Waals surface area (Å²) in [6.45, 7) is 2.08. The lowest BCUT2D eigenvalue weighted by Gasteiger charge is -2.30. The molecule has 8 heteroatoms. The van der Waals surface area contributed by atoms with Gasteiger partial charge in [0, 0.05) is 37.7 Å². The minimum absolute atomic E-state index is 0.145. The average molecular weight is 365 g/mol. The van der Waals surface area contributed by atoms with Gasteiger partial charge in [0.05, 0.1) is 4.90 Å². The number of nitrogens with zero attached hydrogens (tertiary/aromatic N) is 2. The van der Waals surface area contributed by atoms with Crippen LogP contribution in [0.1, 0.15) is 36.0 Å². The number of likely N-dealkylation sites (tertiary alicyclic amines) is 1. The fourth-order valence-corrected chi connectivity index (χ4v) is 4.91. The first-order chi connectivity index (χ1) is 11.9. The van der Waals surface area contributed by atoms with Crippen LogP contribution in [0.2, 0.25) is 0 Å². The molecule has 136 valence electrons. The zero-order valence-corrected chi connectivity index (χ0v) is 14.9. The van der Waals surface area contributed by atoms with Gasteiger partial charge in [0.2, 0.25) is 15.9 Å². The van der Waals surface area contributed by atoms with Crippen molar-refractivity contribution in [2.75, 3.05) is 26.2 Å². The summed E-state index contributed by atoms with van der Waals surface area (Å²) in [6, 6.07) is 6.12. The molecule has 1 aromatic carbocycles. The third-order valence-electron chi connectivity index (χ3n) is 4.99. The smallest absolute Gasteiger partial charge is 0.253 e. The number of nitrogens with two attached hydrogens (primary N) is 1. The van der Waals surface area contributed by atoms with E-state index < -0.39 is 10.0 Å². The first kappa shape index (κ1) is 17.9. The van der Waals surface area contributed by atoms with E-state index in [-0.39, 0.29) is 22.6 Å². The van der Waals surface area contributed by atoms with Crippen molar-refractivity contribution in [3.63, 3.8) is 0 Å². The van der Waals surface area contributed by atoms with Crippen molar-refractivity contribution < 1.29 is 18.0 Å². The van der Waals surface area contributed by atoms with Gasteiger partial charge in [0.25, 0.3) is 5.91 Å². The maximum absolute atomic E-state index is 12.5. The molecule has 0 aromatic heterocycles. The van der Waals surface area contributed by atoms with E-state index >= 15 is 0 Å². The Morgan fingerprint density at radius 3 is 2.04 bits per heavy atom. The molecule has 25 heavy (non-hydrogen) atoms. The van der Waals surface area contributed by atoms with E-state index in [2.05, 4.69) is 0 Å². The predicted octanol–water partition coefficient (Wildman–Crippen LogP) is 0.809. The van der Waals surface area contributed by atoms with E-state index in [1.165, 1.54) is 16.4 Å². The maximum atomic E-state index is 12.5. The van der Waals surface area contributed by atoms with Crippen LogP contribution < -0.4 is 5.73 Å². The van der Waals surface area contributed by atoms with E-state index in [4.69, 9.17) is 5.73 Å². The molecule has 2 heterocycles. The zero-order chi connectivity index (χ0) is 18.0. The highest BCUT2D eigenvalue weighted by Gasteiger charge is 2.29. The Bertz CT molecular complexity index is 747. The highest BCUT2D eigenvalue weighted by atomic mass is 32.2. The summed E-state index contributed by atoms with van der Waals surface area (Å²) in [5, 5.41) is 0. The monoisotopic (exact) mass is 365 g/mol. The summed E-state index contributed by atoms with van der Waals surface area (Å²) in [4.78, 5) is 25.6. The van der Waals surface area contributed by atoms with E-state index in [1.54, 1.807) is 17.0 Å². The minimum atomic E-state index is -3.47. The van der Waals surface area contributed by atoms with Crippen LogP contribution in [0, 0.1) is 5.92 Å². The summed E-state index contributed by atoms with van der Waals surface area (Å²) in [5.41, 5.74) is 5.76. The fraction of sp³-hybridized carbons (Fsp3) is 0.529. The molecule has 2 fully saturated rings. The van der Waals surface area contributed by atoms with Crippen LogP contribution in [0.3, 0.4) is 0 Å². The number of piperidine rings is 1. The van der Waals surface area contributed by atoms with Gasteiger partial charge in [0.1, 0.15) is 0 Å². The van der Waals surface area contributed by atoms with Gasteiger partial charge in [-0.1, -0.05) is 0 Å². The summed E-state index contributed by atoms with van der Waals surface area (Å²) in [5.74, 6) is -0.631. The first-order valence-electron chi connectivity index (χ1n) is 8.58. The molecule has 0 bridgehead atoms. The van der Waals surface area contributed by atoms with Gasteiger partial charge in [-0.2, -0.15) is 4.31 Å². The van der Waals surface area contributed by atoms with Crippen molar-refractivity contribution in [3.8, 4) is 0 Å². The molecule has 0 radical (unpaired) electrons. The third kappa shape index (κ3) is 3.69. The van der Waals surface area contributed by atoms with E-state index in [9.17, 15) is 18.0 Å². The second-order valence-corrected chi connectivity index (χ2v) is 8.54. The lowest BCUT2D eigenvalue weighted by atomic mass is 9.96. The van der Waals surface area contributed by atoms with Crippen molar-refractivity contribution in [1.29, 1.82) is 0 Å². The van der Waals surface area contributed by atoms with Gasteiger partial charge in [-0.25, -0.2) is 8.42 Å². The van der Waals surface area contributed by atoms with Crippen LogP contribution in [0.5, 0.6) is 0 Å². The molecule has 3 rings (SSSR count). The Kier molecular flexibility index (Phi) is 5.10. The molecule has 0 unspecified atom stereocenters. The highest BCUT2D eigenvalue weighted by molar-refractivity contribution is 7.89. The van der Waals surface area contributed by atoms with Gasteiger partial charge >= 0.3 is 0 Å². The Morgan fingerprint density at radius 2 is 1.52 bits per heavy atom. The molecule has 0 aliphatic carbocycles. The number of carbonyl (C=O) groups excluding carboxylic acids is 2. The second kappa shape index (κ2) is 7.13. The summed E-state index contributed by atoms with van der Waals surface area (Å²) >= 11 is 0. The molecule has 0 atom stereocenters. The molecular weight excluding hydrogens is 342 g/mol. The second-order valence-electron chi connectivity index (χ2n) is 6.60. The normalized spacial score (nSPS) is 19.9. The van der Waals surface area contributed by atoms with Gasteiger partial charge in [-0.3, -0.25) is 9.59 Å². The topological polar surface area (TPSA) is 101 Å². The van der Waals surface area contributed by atoms with Crippen molar-refractivity contribution >= 4 is 21.8 Å². The Hall–Kier alpha value is -1.93. The van der Waals surface area contributed by atoms with Gasteiger partial charge in [-0.15, -0.1) is 0 Å². The number of sulfonamides is 1. The molecule has 7 nitrogen and oxygen atoms in total. The largest absolute Gasteiger partial charge is 0.369 e. The third-order valence-corrected chi connectivity index (χ3v) is 6.90. The van der Waals surface area contributed by atoms with Crippen LogP contribution in [-0.4, -0.2) is 55.6 Å². The number of carbonyl (C=O) groups is 2. The zero-order valence-electron chi connectivity index (χ0n) is 14.1. The molecule has 2 aliphatic heterocycles. The molecule has 0 saturated carbocycles. The molecular formula is C17H23N3O4S. The number of benzene rings is 1. The van der Waals surface area contributed by atoms with Crippen LogP contribution in [0.25, 0.3) is 0 Å². The molecule has 1 aromatic rings. The van der Waals surface area contributed by atoms with E-state index in [0.29, 0.717) is 44.6 Å². The van der Waals surface area contributed by atoms with Crippen molar-refractivity contribution in [2.24, 2.45) is 11.7 Å². The number of hydrogen-bond acceptors (Lipinski definition) is 4. The number of rotatable bonds is 4. The summed E-state index contributed by atoms with van der Waals surface area (Å²) in [6.07, 6.45) is 2.92. The quantitative estimate of drug-likeness (QED) is 0.853. The summed E-state index contributed by atoms with van der Waals surface area (Å²) in [7, 11) is -3.47. The lowest BCUT2D eigenvalue weighted by Crippen LogP contribution is -2.41. The van der Waals surface area contributed by atoms with Gasteiger partial charge < -0.3 is 10.6 Å². The number of amides is 2. The molecule has 2 N–H and O–H groups in total. The van der Waals surface area contributed by atoms with Crippen LogP contribution >= 0.6 is 0 Å². The van der Waals surface area contributed by atoms with Crippen LogP contribution in [0.4, 0.5) is 0 Å². The molecule has 2 amide bonds. The standard InChI is InChI=1S/C17H23N3O4S/c18-16(21)13-7-11-19(12-8-13)17(22)14-3-5-15(6-4-14)25(23,24)20-9-1-2-10-20/h3-6,13H,1-2,7-12H2,(H2,18,21).